The molecule has 2 saturated heterocycles. The summed E-state index contributed by atoms with van der Waals surface area (Å²) >= 11 is 1.78. The van der Waals surface area contributed by atoms with E-state index < -0.39 is 11.8 Å². The zero-order valence-electron chi connectivity index (χ0n) is 20.9. The topological polar surface area (TPSA) is 113 Å². The third-order valence-electron chi connectivity index (χ3n) is 7.41. The molecule has 190 valence electrons. The van der Waals surface area contributed by atoms with Gasteiger partial charge in [-0.25, -0.2) is 9.97 Å². The highest BCUT2D eigenvalue weighted by Crippen LogP contribution is 2.37. The van der Waals surface area contributed by atoms with E-state index in [1.165, 1.54) is 15.9 Å². The third-order valence-corrected chi connectivity index (χ3v) is 8.61. The molecule has 2 atom stereocenters. The minimum atomic E-state index is -0.648. The number of likely N-dealkylation sites (tertiary alicyclic amines) is 1. The van der Waals surface area contributed by atoms with Gasteiger partial charge in [0.2, 0.25) is 0 Å². The molecule has 2 amide bonds. The molecule has 2 fully saturated rings. The van der Waals surface area contributed by atoms with Crippen LogP contribution in [0.5, 0.6) is 0 Å². The van der Waals surface area contributed by atoms with Gasteiger partial charge < -0.3 is 21.3 Å². The molecule has 0 saturated carbocycles. The molecule has 3 aromatic rings. The predicted molar refractivity (Wildman–Crippen MR) is 144 cm³/mol. The molecular formula is C27H34N6O2S. The van der Waals surface area contributed by atoms with Crippen LogP contribution in [-0.4, -0.2) is 46.3 Å². The van der Waals surface area contributed by atoms with Crippen LogP contribution in [0.25, 0.3) is 10.2 Å². The number of carbonyl (C=O) groups is 2. The molecule has 9 heteroatoms. The number of nitrogens with zero attached hydrogens (tertiary/aromatic N) is 3. The number of hydrogen-bond acceptors (Lipinski definition) is 7. The van der Waals surface area contributed by atoms with E-state index in [1.807, 2.05) is 6.92 Å². The normalized spacial score (nSPS) is 21.0. The summed E-state index contributed by atoms with van der Waals surface area (Å²) in [6.07, 6.45) is 6.25. The summed E-state index contributed by atoms with van der Waals surface area (Å²) in [4.78, 5) is 37.2. The second-order valence-corrected chi connectivity index (χ2v) is 11.1. The molecule has 2 aromatic heterocycles. The molecule has 2 aliphatic heterocycles. The molecule has 0 radical (unpaired) electrons. The summed E-state index contributed by atoms with van der Waals surface area (Å²) in [5.74, 6) is 0.117. The molecule has 0 aliphatic carbocycles. The van der Waals surface area contributed by atoms with Crippen LogP contribution < -0.4 is 16.4 Å². The molecule has 1 aromatic carbocycles. The molecule has 2 aliphatic rings. The number of amides is 2. The van der Waals surface area contributed by atoms with Gasteiger partial charge in [0, 0.05) is 12.5 Å². The molecule has 8 nitrogen and oxygen atoms in total. The average molecular weight is 507 g/mol. The van der Waals surface area contributed by atoms with Crippen LogP contribution in [0.4, 0.5) is 11.5 Å². The monoisotopic (exact) mass is 506 g/mol. The van der Waals surface area contributed by atoms with Crippen LogP contribution in [0.1, 0.15) is 67.6 Å². The fourth-order valence-corrected chi connectivity index (χ4v) is 6.44. The van der Waals surface area contributed by atoms with E-state index in [4.69, 9.17) is 10.7 Å². The molecule has 0 bridgehead atoms. The van der Waals surface area contributed by atoms with Gasteiger partial charge in [-0.1, -0.05) is 19.9 Å². The van der Waals surface area contributed by atoms with Gasteiger partial charge in [0.05, 0.1) is 33.2 Å². The average Bonchev–Trinajstić information content (AvgIpc) is 3.33. The summed E-state index contributed by atoms with van der Waals surface area (Å²) in [5.41, 5.74) is 9.23. The van der Waals surface area contributed by atoms with Crippen LogP contribution >= 0.6 is 11.3 Å². The Hall–Kier alpha value is -3.04. The number of hydrogen-bond donors (Lipinski definition) is 3. The minimum Gasteiger partial charge on any atom is -0.383 e. The molecule has 4 heterocycles. The molecule has 0 spiro atoms. The number of rotatable bonds is 4. The second kappa shape index (κ2) is 10.5. The summed E-state index contributed by atoms with van der Waals surface area (Å²) < 4.78 is 1.18. The Kier molecular flexibility index (Phi) is 7.20. The van der Waals surface area contributed by atoms with Gasteiger partial charge in [0.15, 0.2) is 0 Å². The maximum atomic E-state index is 13.4. The van der Waals surface area contributed by atoms with Crippen molar-refractivity contribution in [3.05, 3.63) is 46.6 Å². The molecule has 36 heavy (non-hydrogen) atoms. The van der Waals surface area contributed by atoms with Crippen molar-refractivity contribution in [3.8, 4) is 0 Å². The van der Waals surface area contributed by atoms with Crippen molar-refractivity contribution in [1.29, 1.82) is 0 Å². The van der Waals surface area contributed by atoms with E-state index in [0.29, 0.717) is 36.3 Å². The smallest absolute Gasteiger partial charge is 0.313 e. The van der Waals surface area contributed by atoms with Crippen LogP contribution in [0, 0.1) is 5.92 Å². The van der Waals surface area contributed by atoms with Gasteiger partial charge in [0.25, 0.3) is 0 Å². The first kappa shape index (κ1) is 24.6. The van der Waals surface area contributed by atoms with Gasteiger partial charge in [-0.2, -0.15) is 0 Å². The Morgan fingerprint density at radius 1 is 1.19 bits per heavy atom. The second-order valence-electron chi connectivity index (χ2n) is 10.0. The molecular weight excluding hydrogens is 472 g/mol. The highest BCUT2D eigenvalue weighted by atomic mass is 32.1. The van der Waals surface area contributed by atoms with Crippen molar-refractivity contribution < 1.29 is 9.59 Å². The fraction of sp³-hybridized carbons (Fsp3) is 0.481. The van der Waals surface area contributed by atoms with Crippen molar-refractivity contribution in [3.63, 3.8) is 0 Å². The number of thiazole rings is 1. The van der Waals surface area contributed by atoms with Crippen molar-refractivity contribution in [1.82, 2.24) is 20.2 Å². The number of fused-ring (bicyclic) bond motifs is 1. The van der Waals surface area contributed by atoms with Crippen LogP contribution in [-0.2, 0) is 16.0 Å². The highest BCUT2D eigenvalue weighted by Gasteiger charge is 2.34. The Morgan fingerprint density at radius 3 is 2.78 bits per heavy atom. The number of pyridine rings is 1. The maximum Gasteiger partial charge on any atom is 0.313 e. The SMILES string of the molecule is CCc1cc(NC(=O)C(=O)N2C[C@@H](C)CC[C@@H]2c2ccc3sc(C4CCNCC4)nc3c2)cnc1N. The van der Waals surface area contributed by atoms with Gasteiger partial charge in [0.1, 0.15) is 5.82 Å². The summed E-state index contributed by atoms with van der Waals surface area (Å²) in [6, 6.07) is 7.97. The Bertz CT molecular complexity index is 1270. The Morgan fingerprint density at radius 2 is 2.00 bits per heavy atom. The van der Waals surface area contributed by atoms with Crippen molar-refractivity contribution in [2.75, 3.05) is 30.7 Å². The van der Waals surface area contributed by atoms with E-state index in [2.05, 4.69) is 40.7 Å². The lowest BCUT2D eigenvalue weighted by atomic mass is 9.89. The zero-order chi connectivity index (χ0) is 25.2. The van der Waals surface area contributed by atoms with Gasteiger partial charge >= 0.3 is 11.8 Å². The lowest BCUT2D eigenvalue weighted by Gasteiger charge is -2.38. The summed E-state index contributed by atoms with van der Waals surface area (Å²) in [6.45, 7) is 6.72. The molecule has 0 unspecified atom stereocenters. The molecule has 5 rings (SSSR count). The lowest BCUT2D eigenvalue weighted by Crippen LogP contribution is -2.46. The van der Waals surface area contributed by atoms with Crippen LogP contribution in [0.15, 0.2) is 30.5 Å². The van der Waals surface area contributed by atoms with Crippen molar-refractivity contribution in [2.45, 2.75) is 57.9 Å². The van der Waals surface area contributed by atoms with E-state index in [0.717, 1.165) is 55.4 Å². The van der Waals surface area contributed by atoms with E-state index in [9.17, 15) is 9.59 Å². The first-order chi connectivity index (χ1) is 17.4. The summed E-state index contributed by atoms with van der Waals surface area (Å²) in [7, 11) is 0. The van der Waals surface area contributed by atoms with Gasteiger partial charge in [-0.15, -0.1) is 11.3 Å². The number of anilines is 2. The standard InChI is InChI=1S/C27H34N6O2S/c1-3-17-12-20(14-30-24(17)28)31-25(34)27(35)33-15-16(2)4-6-22(33)19-5-7-23-21(13-19)32-26(36-23)18-8-10-29-11-9-18/h5,7,12-14,16,18,22,29H,3-4,6,8-11,15H2,1-2H3,(H2,28,30)(H,31,34)/t16-,22+/m0/s1. The number of nitrogens with one attached hydrogen (secondary N) is 2. The fourth-order valence-electron chi connectivity index (χ4n) is 5.32. The Labute approximate surface area is 215 Å². The van der Waals surface area contributed by atoms with E-state index >= 15 is 0 Å². The molecule has 4 N–H and O–H groups in total. The quantitative estimate of drug-likeness (QED) is 0.456. The maximum absolute atomic E-state index is 13.4. The third kappa shape index (κ3) is 5.08. The summed E-state index contributed by atoms with van der Waals surface area (Å²) in [5, 5.41) is 7.36. The van der Waals surface area contributed by atoms with Crippen LogP contribution in [0.2, 0.25) is 0 Å². The number of nitrogens with two attached hydrogens (primary N) is 1. The predicted octanol–water partition coefficient (Wildman–Crippen LogP) is 4.24. The number of nitrogen functional groups attached to an aromatic ring is 1. The number of aromatic nitrogens is 2. The Balaban J connectivity index is 1.37. The number of benzene rings is 1. The number of piperidine rings is 2. The van der Waals surface area contributed by atoms with Gasteiger partial charge in [-0.05, 0) is 80.4 Å². The van der Waals surface area contributed by atoms with E-state index in [-0.39, 0.29) is 6.04 Å². The number of aryl methyl sites for hydroxylation is 1. The van der Waals surface area contributed by atoms with Crippen molar-refractivity contribution >= 4 is 44.9 Å². The number of carbonyl (C=O) groups excluding carboxylic acids is 2. The van der Waals surface area contributed by atoms with E-state index in [1.54, 1.807) is 22.3 Å². The highest BCUT2D eigenvalue weighted by molar-refractivity contribution is 7.18. The first-order valence-corrected chi connectivity index (χ1v) is 13.7. The first-order valence-electron chi connectivity index (χ1n) is 12.9. The lowest BCUT2D eigenvalue weighted by molar-refractivity contribution is -0.146. The minimum absolute atomic E-state index is 0.149. The zero-order valence-corrected chi connectivity index (χ0v) is 21.7. The van der Waals surface area contributed by atoms with Crippen LogP contribution in [0.3, 0.4) is 0 Å². The largest absolute Gasteiger partial charge is 0.383 e. The van der Waals surface area contributed by atoms with Crippen molar-refractivity contribution in [2.24, 2.45) is 5.92 Å². The van der Waals surface area contributed by atoms with Gasteiger partial charge in [-0.3, -0.25) is 9.59 Å².